The summed E-state index contributed by atoms with van der Waals surface area (Å²) in [5, 5.41) is 18.7. The fraction of sp³-hybridized carbons (Fsp3) is 0.583. The van der Waals surface area contributed by atoms with Crippen molar-refractivity contribution in [1.82, 2.24) is 24.6 Å². The van der Waals surface area contributed by atoms with Crippen molar-refractivity contribution in [3.05, 3.63) is 41.9 Å². The van der Waals surface area contributed by atoms with E-state index in [0.717, 1.165) is 44.4 Å². The molecule has 2 fully saturated rings. The first-order valence-corrected chi connectivity index (χ1v) is 12.0. The van der Waals surface area contributed by atoms with Crippen LogP contribution >= 0.6 is 0 Å². The van der Waals surface area contributed by atoms with Gasteiger partial charge in [0.1, 0.15) is 0 Å². The number of likely N-dealkylation sites (tertiary alicyclic amines) is 2. The first-order chi connectivity index (χ1) is 18.4. The smallest absolute Gasteiger partial charge is 0.477 e. The maximum atomic E-state index is 10.6. The SMILES string of the molecule is Cc1cc(CN2CC3(CC(COc4ccccn4)CCN3C)C2)n(C)n1.O=C(O)C(F)(F)F.O=C(O)C(F)(F)F. The minimum absolute atomic E-state index is 0.310. The van der Waals surface area contributed by atoms with E-state index < -0.39 is 24.3 Å². The molecule has 1 atom stereocenters. The third-order valence-electron chi connectivity index (χ3n) is 6.46. The van der Waals surface area contributed by atoms with Crippen LogP contribution in [0.1, 0.15) is 24.2 Å². The first-order valence-electron chi connectivity index (χ1n) is 12.0. The predicted molar refractivity (Wildman–Crippen MR) is 128 cm³/mol. The summed E-state index contributed by atoms with van der Waals surface area (Å²) in [6, 6.07) is 8.03. The van der Waals surface area contributed by atoms with Gasteiger partial charge >= 0.3 is 24.3 Å². The Hall–Kier alpha value is -3.40. The molecule has 0 aromatic carbocycles. The Morgan fingerprint density at radius 3 is 2.10 bits per heavy atom. The van der Waals surface area contributed by atoms with E-state index >= 15 is 0 Å². The number of aliphatic carboxylic acids is 2. The minimum Gasteiger partial charge on any atom is -0.477 e. The minimum atomic E-state index is -5.08. The molecule has 224 valence electrons. The lowest BCUT2D eigenvalue weighted by molar-refractivity contribution is -0.193. The number of halogens is 6. The maximum absolute atomic E-state index is 10.6. The number of alkyl halides is 6. The average Bonchev–Trinajstić information content (AvgIpc) is 3.15. The van der Waals surface area contributed by atoms with Gasteiger partial charge in [-0.05, 0) is 51.4 Å². The zero-order chi connectivity index (χ0) is 30.3. The number of hydrogen-bond acceptors (Lipinski definition) is 7. The molecule has 40 heavy (non-hydrogen) atoms. The molecule has 4 heterocycles. The van der Waals surface area contributed by atoms with Gasteiger partial charge in [-0.1, -0.05) is 6.07 Å². The van der Waals surface area contributed by atoms with Gasteiger partial charge in [-0.15, -0.1) is 0 Å². The molecule has 16 heteroatoms. The standard InChI is InChI=1S/C20H29N5O.2C2HF3O2/c1-16-10-18(24(3)22-16)12-25-14-20(15-25)11-17(7-9-23(20)2)13-26-19-6-4-5-8-21-19;2*3-2(4,5)1(6)7/h4-6,8,10,17H,7,9,11-15H2,1-3H3;2*(H,6,7). The van der Waals surface area contributed by atoms with Crippen molar-refractivity contribution in [1.29, 1.82) is 0 Å². The zero-order valence-corrected chi connectivity index (χ0v) is 22.0. The molecule has 0 amide bonds. The number of likely N-dealkylation sites (N-methyl/N-ethyl adjacent to an activating group) is 1. The van der Waals surface area contributed by atoms with Gasteiger partial charge in [0.15, 0.2) is 0 Å². The van der Waals surface area contributed by atoms with Crippen molar-refractivity contribution >= 4 is 11.9 Å². The number of carbonyl (C=O) groups is 2. The largest absolute Gasteiger partial charge is 0.490 e. The summed E-state index contributed by atoms with van der Waals surface area (Å²) in [5.74, 6) is -4.17. The van der Waals surface area contributed by atoms with Crippen LogP contribution in [0.15, 0.2) is 30.5 Å². The zero-order valence-electron chi connectivity index (χ0n) is 22.0. The number of ether oxygens (including phenoxy) is 1. The molecule has 2 aromatic rings. The van der Waals surface area contributed by atoms with Gasteiger partial charge in [0, 0.05) is 44.5 Å². The highest BCUT2D eigenvalue weighted by atomic mass is 19.4. The second kappa shape index (κ2) is 13.3. The van der Waals surface area contributed by atoms with Gasteiger partial charge < -0.3 is 14.9 Å². The predicted octanol–water partition coefficient (Wildman–Crippen LogP) is 3.37. The molecule has 0 radical (unpaired) electrons. The highest BCUT2D eigenvalue weighted by Gasteiger charge is 2.49. The number of aryl methyl sites for hydroxylation is 2. The van der Waals surface area contributed by atoms with E-state index in [-0.39, 0.29) is 0 Å². The second-order valence-corrected chi connectivity index (χ2v) is 9.64. The molecule has 2 aromatic heterocycles. The van der Waals surface area contributed by atoms with E-state index in [2.05, 4.69) is 39.9 Å². The summed E-state index contributed by atoms with van der Waals surface area (Å²) in [7, 11) is 4.32. The monoisotopic (exact) mass is 583 g/mol. The Balaban J connectivity index is 0.000000333. The summed E-state index contributed by atoms with van der Waals surface area (Å²) in [5.41, 5.74) is 2.70. The number of pyridine rings is 1. The van der Waals surface area contributed by atoms with E-state index in [0.29, 0.717) is 11.5 Å². The molecule has 0 bridgehead atoms. The van der Waals surface area contributed by atoms with Gasteiger partial charge in [0.2, 0.25) is 5.88 Å². The van der Waals surface area contributed by atoms with Crippen LogP contribution in [0, 0.1) is 12.8 Å². The molecule has 4 rings (SSSR count). The van der Waals surface area contributed by atoms with Crippen molar-refractivity contribution in [2.75, 3.05) is 33.3 Å². The molecule has 2 aliphatic rings. The lowest BCUT2D eigenvalue weighted by Crippen LogP contribution is -2.71. The summed E-state index contributed by atoms with van der Waals surface area (Å²) in [6.07, 6.45) is -5.97. The molecule has 2 aliphatic heterocycles. The highest BCUT2D eigenvalue weighted by molar-refractivity contribution is 5.73. The Morgan fingerprint density at radius 2 is 1.65 bits per heavy atom. The summed E-state index contributed by atoms with van der Waals surface area (Å²) in [6.45, 7) is 7.23. The second-order valence-electron chi connectivity index (χ2n) is 9.64. The molecule has 10 nitrogen and oxygen atoms in total. The third kappa shape index (κ3) is 9.66. The average molecular weight is 584 g/mol. The van der Waals surface area contributed by atoms with Crippen molar-refractivity contribution in [3.63, 3.8) is 0 Å². The van der Waals surface area contributed by atoms with Gasteiger partial charge in [0.05, 0.1) is 18.0 Å². The van der Waals surface area contributed by atoms with Crippen molar-refractivity contribution < 1.29 is 50.9 Å². The molecule has 0 saturated carbocycles. The lowest BCUT2D eigenvalue weighted by atomic mass is 9.75. The van der Waals surface area contributed by atoms with E-state index in [4.69, 9.17) is 24.5 Å². The molecule has 1 unspecified atom stereocenters. The number of aromatic nitrogens is 3. The van der Waals surface area contributed by atoms with Crippen LogP contribution in [0.3, 0.4) is 0 Å². The number of carboxylic acid groups (broad SMARTS) is 2. The number of piperidine rings is 1. The van der Waals surface area contributed by atoms with Gasteiger partial charge in [-0.2, -0.15) is 31.4 Å². The lowest BCUT2D eigenvalue weighted by Gasteiger charge is -2.58. The number of hydrogen-bond donors (Lipinski definition) is 2. The highest BCUT2D eigenvalue weighted by Crippen LogP contribution is 2.39. The third-order valence-corrected chi connectivity index (χ3v) is 6.46. The molecule has 2 saturated heterocycles. The fourth-order valence-corrected chi connectivity index (χ4v) is 4.50. The molecule has 0 aliphatic carbocycles. The maximum Gasteiger partial charge on any atom is 0.490 e. The summed E-state index contributed by atoms with van der Waals surface area (Å²) < 4.78 is 71.4. The molecular weight excluding hydrogens is 552 g/mol. The number of rotatable bonds is 5. The van der Waals surface area contributed by atoms with Crippen molar-refractivity contribution in [2.24, 2.45) is 13.0 Å². The van der Waals surface area contributed by atoms with E-state index in [1.807, 2.05) is 29.9 Å². The van der Waals surface area contributed by atoms with E-state index in [9.17, 15) is 26.3 Å². The van der Waals surface area contributed by atoms with Crippen LogP contribution in [0.25, 0.3) is 0 Å². The van der Waals surface area contributed by atoms with E-state index in [1.54, 1.807) is 6.20 Å². The van der Waals surface area contributed by atoms with Gasteiger partial charge in [0.25, 0.3) is 0 Å². The Bertz CT molecular complexity index is 1100. The first kappa shape index (κ1) is 32.8. The molecule has 1 spiro atoms. The van der Waals surface area contributed by atoms with Crippen LogP contribution in [0.2, 0.25) is 0 Å². The normalized spacial score (nSPS) is 19.0. The van der Waals surface area contributed by atoms with Crippen LogP contribution in [-0.4, -0.2) is 97.9 Å². The number of nitrogens with zero attached hydrogens (tertiary/aromatic N) is 5. The fourth-order valence-electron chi connectivity index (χ4n) is 4.50. The van der Waals surface area contributed by atoms with Crippen LogP contribution in [0.4, 0.5) is 26.3 Å². The number of carboxylic acids is 2. The van der Waals surface area contributed by atoms with E-state index in [1.165, 1.54) is 18.5 Å². The summed E-state index contributed by atoms with van der Waals surface area (Å²) >= 11 is 0. The molecule has 2 N–H and O–H groups in total. The van der Waals surface area contributed by atoms with Gasteiger partial charge in [-0.25, -0.2) is 14.6 Å². The van der Waals surface area contributed by atoms with Crippen LogP contribution in [0.5, 0.6) is 5.88 Å². The Kier molecular flexibility index (Phi) is 10.9. The topological polar surface area (TPSA) is 121 Å². The summed E-state index contributed by atoms with van der Waals surface area (Å²) in [4.78, 5) is 27.2. The van der Waals surface area contributed by atoms with Crippen molar-refractivity contribution in [2.45, 2.75) is 44.2 Å². The quantitative estimate of drug-likeness (QED) is 0.511. The van der Waals surface area contributed by atoms with Crippen LogP contribution < -0.4 is 4.74 Å². The Morgan fingerprint density at radius 1 is 1.07 bits per heavy atom. The van der Waals surface area contributed by atoms with Crippen molar-refractivity contribution in [3.8, 4) is 5.88 Å². The van der Waals surface area contributed by atoms with Crippen LogP contribution in [-0.2, 0) is 23.2 Å². The molecular formula is C24H31F6N5O5. The van der Waals surface area contributed by atoms with Gasteiger partial charge in [-0.3, -0.25) is 14.5 Å². The Labute approximate surface area is 226 Å².